The van der Waals surface area contributed by atoms with Gasteiger partial charge in [0.2, 0.25) is 0 Å². The molecule has 0 amide bonds. The highest BCUT2D eigenvalue weighted by Crippen LogP contribution is 2.22. The van der Waals surface area contributed by atoms with Crippen molar-refractivity contribution < 1.29 is 0 Å². The topological polar surface area (TPSA) is 60.9 Å². The smallest absolute Gasteiger partial charge is 0.183 e. The van der Waals surface area contributed by atoms with Gasteiger partial charge in [0, 0.05) is 32.7 Å². The van der Waals surface area contributed by atoms with Crippen molar-refractivity contribution in [3.05, 3.63) is 47.5 Å². The number of aromatic nitrogens is 4. The molecule has 0 atom stereocenters. The van der Waals surface area contributed by atoms with Crippen molar-refractivity contribution in [3.8, 4) is 0 Å². The number of nitrogens with zero attached hydrogens (tertiary/aromatic N) is 5. The summed E-state index contributed by atoms with van der Waals surface area (Å²) in [6, 6.07) is 8.63. The lowest BCUT2D eigenvalue weighted by molar-refractivity contribution is 0.249. The first-order valence-electron chi connectivity index (χ1n) is 8.40. The summed E-state index contributed by atoms with van der Waals surface area (Å²) < 4.78 is 0. The van der Waals surface area contributed by atoms with Crippen LogP contribution in [0.3, 0.4) is 0 Å². The third-order valence-corrected chi connectivity index (χ3v) is 4.71. The van der Waals surface area contributed by atoms with Crippen LogP contribution < -0.4 is 4.90 Å². The Balaban J connectivity index is 1.47. The van der Waals surface area contributed by atoms with E-state index < -0.39 is 0 Å². The first-order valence-corrected chi connectivity index (χ1v) is 8.40. The van der Waals surface area contributed by atoms with E-state index in [-0.39, 0.29) is 0 Å². The van der Waals surface area contributed by atoms with E-state index >= 15 is 0 Å². The number of imidazole rings is 1. The lowest BCUT2D eigenvalue weighted by Crippen LogP contribution is -2.46. The molecule has 1 aromatic carbocycles. The van der Waals surface area contributed by atoms with Gasteiger partial charge in [0.25, 0.3) is 0 Å². The summed E-state index contributed by atoms with van der Waals surface area (Å²) in [7, 11) is 0. The number of piperazine rings is 1. The molecule has 24 heavy (non-hydrogen) atoms. The van der Waals surface area contributed by atoms with Gasteiger partial charge in [0.1, 0.15) is 17.7 Å². The molecular formula is C18H22N6. The molecule has 1 N–H and O–H groups in total. The van der Waals surface area contributed by atoms with Crippen LogP contribution in [0.25, 0.3) is 11.2 Å². The van der Waals surface area contributed by atoms with Gasteiger partial charge in [-0.05, 0) is 25.0 Å². The van der Waals surface area contributed by atoms with E-state index in [1.165, 1.54) is 11.1 Å². The number of aromatic amines is 1. The van der Waals surface area contributed by atoms with E-state index in [1.54, 1.807) is 6.33 Å². The van der Waals surface area contributed by atoms with Gasteiger partial charge < -0.3 is 9.88 Å². The molecule has 4 rings (SSSR count). The number of nitrogens with one attached hydrogen (secondary N) is 1. The number of benzene rings is 1. The molecule has 0 spiro atoms. The maximum Gasteiger partial charge on any atom is 0.183 e. The number of H-pyrrole nitrogens is 1. The molecule has 0 unspecified atom stereocenters. The van der Waals surface area contributed by atoms with E-state index in [4.69, 9.17) is 0 Å². The monoisotopic (exact) mass is 322 g/mol. The quantitative estimate of drug-likeness (QED) is 0.802. The summed E-state index contributed by atoms with van der Waals surface area (Å²) in [4.78, 5) is 21.3. The van der Waals surface area contributed by atoms with Crippen molar-refractivity contribution in [2.24, 2.45) is 0 Å². The van der Waals surface area contributed by atoms with Crippen molar-refractivity contribution in [2.75, 3.05) is 31.1 Å². The van der Waals surface area contributed by atoms with Crippen molar-refractivity contribution >= 4 is 17.0 Å². The second-order valence-electron chi connectivity index (χ2n) is 6.41. The highest BCUT2D eigenvalue weighted by atomic mass is 15.3. The van der Waals surface area contributed by atoms with E-state index in [0.717, 1.165) is 55.5 Å². The predicted octanol–water partition coefficient (Wildman–Crippen LogP) is 2.29. The SMILES string of the molecule is Cc1nc2ncnc(N3CCN(Cc4ccccc4C)CC3)c2[nH]1. The number of hydrogen-bond acceptors (Lipinski definition) is 5. The van der Waals surface area contributed by atoms with Gasteiger partial charge in [-0.1, -0.05) is 24.3 Å². The van der Waals surface area contributed by atoms with Gasteiger partial charge in [-0.2, -0.15) is 0 Å². The summed E-state index contributed by atoms with van der Waals surface area (Å²) in [5, 5.41) is 0. The van der Waals surface area contributed by atoms with Gasteiger partial charge >= 0.3 is 0 Å². The molecule has 6 nitrogen and oxygen atoms in total. The summed E-state index contributed by atoms with van der Waals surface area (Å²) in [5.41, 5.74) is 4.48. The minimum Gasteiger partial charge on any atom is -0.352 e. The van der Waals surface area contributed by atoms with Crippen LogP contribution in [-0.4, -0.2) is 51.0 Å². The van der Waals surface area contributed by atoms with Crippen LogP contribution in [0.4, 0.5) is 5.82 Å². The molecule has 6 heteroatoms. The first-order chi connectivity index (χ1) is 11.7. The molecule has 0 bridgehead atoms. The largest absolute Gasteiger partial charge is 0.352 e. The molecule has 124 valence electrons. The fraction of sp³-hybridized carbons (Fsp3) is 0.389. The number of aryl methyl sites for hydroxylation is 2. The average molecular weight is 322 g/mol. The summed E-state index contributed by atoms with van der Waals surface area (Å²) in [5.74, 6) is 1.85. The number of anilines is 1. The zero-order valence-corrected chi connectivity index (χ0v) is 14.2. The Hall–Kier alpha value is -2.47. The fourth-order valence-electron chi connectivity index (χ4n) is 3.32. The van der Waals surface area contributed by atoms with Crippen LogP contribution >= 0.6 is 0 Å². The van der Waals surface area contributed by atoms with Crippen LogP contribution in [-0.2, 0) is 6.54 Å². The maximum atomic E-state index is 4.49. The fourth-order valence-corrected chi connectivity index (χ4v) is 3.32. The van der Waals surface area contributed by atoms with E-state index in [0.29, 0.717) is 0 Å². The van der Waals surface area contributed by atoms with Gasteiger partial charge in [-0.15, -0.1) is 0 Å². The summed E-state index contributed by atoms with van der Waals surface area (Å²) in [6.45, 7) is 9.16. The van der Waals surface area contributed by atoms with E-state index in [1.807, 2.05) is 6.92 Å². The third kappa shape index (κ3) is 2.85. The minimum absolute atomic E-state index is 0.750. The standard InChI is InChI=1S/C18H22N6/c1-13-5-3-4-6-15(13)11-23-7-9-24(10-8-23)18-16-17(19-12-20-18)22-14(2)21-16/h3-6,12H,7-11H2,1-2H3,(H,19,20,21,22). The van der Waals surface area contributed by atoms with Crippen LogP contribution in [0, 0.1) is 13.8 Å². The Morgan fingerprint density at radius 1 is 1.04 bits per heavy atom. The Morgan fingerprint density at radius 2 is 1.83 bits per heavy atom. The Labute approximate surface area is 141 Å². The molecular weight excluding hydrogens is 300 g/mol. The molecule has 1 saturated heterocycles. The zero-order valence-electron chi connectivity index (χ0n) is 14.2. The minimum atomic E-state index is 0.750. The first kappa shape index (κ1) is 15.1. The molecule has 0 saturated carbocycles. The van der Waals surface area contributed by atoms with Gasteiger partial charge in [0.15, 0.2) is 11.5 Å². The van der Waals surface area contributed by atoms with Crippen molar-refractivity contribution in [1.29, 1.82) is 0 Å². The van der Waals surface area contributed by atoms with Crippen LogP contribution in [0.15, 0.2) is 30.6 Å². The normalized spacial score (nSPS) is 16.0. The highest BCUT2D eigenvalue weighted by Gasteiger charge is 2.21. The highest BCUT2D eigenvalue weighted by molar-refractivity contribution is 5.83. The van der Waals surface area contributed by atoms with E-state index in [9.17, 15) is 0 Å². The lowest BCUT2D eigenvalue weighted by Gasteiger charge is -2.35. The Morgan fingerprint density at radius 3 is 2.62 bits per heavy atom. The van der Waals surface area contributed by atoms with Gasteiger partial charge in [0.05, 0.1) is 0 Å². The second kappa shape index (κ2) is 6.20. The Bertz CT molecular complexity index is 848. The van der Waals surface area contributed by atoms with Crippen molar-refractivity contribution in [3.63, 3.8) is 0 Å². The second-order valence-corrected chi connectivity index (χ2v) is 6.41. The third-order valence-electron chi connectivity index (χ3n) is 4.71. The molecule has 1 aliphatic heterocycles. The summed E-state index contributed by atoms with van der Waals surface area (Å²) >= 11 is 0. The average Bonchev–Trinajstić information content (AvgIpc) is 2.98. The lowest BCUT2D eigenvalue weighted by atomic mass is 10.1. The molecule has 3 aromatic rings. The zero-order chi connectivity index (χ0) is 16.5. The molecule has 0 aliphatic carbocycles. The van der Waals surface area contributed by atoms with Crippen LogP contribution in [0.5, 0.6) is 0 Å². The Kier molecular flexibility index (Phi) is 3.90. The van der Waals surface area contributed by atoms with Crippen molar-refractivity contribution in [1.82, 2.24) is 24.8 Å². The number of rotatable bonds is 3. The maximum absolute atomic E-state index is 4.49. The predicted molar refractivity (Wildman–Crippen MR) is 95.1 cm³/mol. The molecule has 1 fully saturated rings. The molecule has 3 heterocycles. The number of hydrogen-bond donors (Lipinski definition) is 1. The van der Waals surface area contributed by atoms with E-state index in [2.05, 4.69) is 60.9 Å². The van der Waals surface area contributed by atoms with Gasteiger partial charge in [-0.25, -0.2) is 15.0 Å². The van der Waals surface area contributed by atoms with Crippen molar-refractivity contribution in [2.45, 2.75) is 20.4 Å². The number of fused-ring (bicyclic) bond motifs is 1. The molecule has 2 aromatic heterocycles. The van der Waals surface area contributed by atoms with Crippen LogP contribution in [0.1, 0.15) is 17.0 Å². The summed E-state index contributed by atoms with van der Waals surface area (Å²) in [6.07, 6.45) is 1.61. The molecule has 0 radical (unpaired) electrons. The van der Waals surface area contributed by atoms with Crippen LogP contribution in [0.2, 0.25) is 0 Å². The van der Waals surface area contributed by atoms with Gasteiger partial charge in [-0.3, -0.25) is 4.90 Å². The molecule has 1 aliphatic rings.